The number of carbonyl (C=O) groups is 3. The van der Waals surface area contributed by atoms with E-state index < -0.39 is 21.3 Å². The van der Waals surface area contributed by atoms with Crippen molar-refractivity contribution in [2.45, 2.75) is 39.2 Å². The van der Waals surface area contributed by atoms with Crippen molar-refractivity contribution in [1.29, 1.82) is 0 Å². The molecular formula is C30H35N3O6S. The summed E-state index contributed by atoms with van der Waals surface area (Å²) in [5, 5.41) is 5.99. The zero-order chi connectivity index (χ0) is 29.0. The number of fused-ring (bicyclic) bond motifs is 7. The largest absolute Gasteiger partial charge is 0.341 e. The summed E-state index contributed by atoms with van der Waals surface area (Å²) < 4.78 is 31.0. The van der Waals surface area contributed by atoms with Gasteiger partial charge in [-0.3, -0.25) is 18.9 Å². The molecule has 3 aliphatic carbocycles. The quantitative estimate of drug-likeness (QED) is 0.470. The number of ketones is 1. The lowest BCUT2D eigenvalue weighted by molar-refractivity contribution is -0.128. The van der Waals surface area contributed by atoms with Crippen LogP contribution in [0, 0.1) is 16.7 Å². The molecule has 4 aliphatic rings. The maximum atomic E-state index is 12.4. The fourth-order valence-corrected chi connectivity index (χ4v) is 8.20. The van der Waals surface area contributed by atoms with E-state index in [4.69, 9.17) is 4.55 Å². The van der Waals surface area contributed by atoms with Crippen molar-refractivity contribution >= 4 is 45.1 Å². The van der Waals surface area contributed by atoms with Crippen molar-refractivity contribution < 1.29 is 27.4 Å². The molecule has 10 heteroatoms. The highest BCUT2D eigenvalue weighted by Crippen LogP contribution is 2.64. The van der Waals surface area contributed by atoms with Gasteiger partial charge in [-0.2, -0.15) is 8.42 Å². The monoisotopic (exact) mass is 565 g/mol. The van der Waals surface area contributed by atoms with Crippen molar-refractivity contribution in [3.05, 3.63) is 64.7 Å². The predicted octanol–water partition coefficient (Wildman–Crippen LogP) is 3.80. The van der Waals surface area contributed by atoms with Gasteiger partial charge in [0.1, 0.15) is 5.78 Å². The van der Waals surface area contributed by atoms with E-state index >= 15 is 0 Å². The van der Waals surface area contributed by atoms with Crippen LogP contribution < -0.4 is 10.6 Å². The maximum Gasteiger partial charge on any atom is 0.265 e. The van der Waals surface area contributed by atoms with Crippen LogP contribution in [0.25, 0.3) is 11.6 Å². The van der Waals surface area contributed by atoms with E-state index in [0.29, 0.717) is 24.9 Å². The van der Waals surface area contributed by atoms with Crippen LogP contribution in [0.5, 0.6) is 0 Å². The highest BCUT2D eigenvalue weighted by molar-refractivity contribution is 7.85. The zero-order valence-electron chi connectivity index (χ0n) is 23.2. The molecule has 2 aromatic rings. The third kappa shape index (κ3) is 4.88. The number of anilines is 1. The van der Waals surface area contributed by atoms with Gasteiger partial charge in [0.2, 0.25) is 5.91 Å². The van der Waals surface area contributed by atoms with Gasteiger partial charge in [0.15, 0.2) is 0 Å². The van der Waals surface area contributed by atoms with Crippen LogP contribution in [0.1, 0.15) is 66.2 Å². The Labute approximate surface area is 234 Å². The minimum Gasteiger partial charge on any atom is -0.341 e. The molecule has 0 saturated heterocycles. The fraction of sp³-hybridized carbons (Fsp3) is 0.433. The number of hydrogen-bond acceptors (Lipinski definition) is 6. The van der Waals surface area contributed by atoms with Gasteiger partial charge >= 0.3 is 0 Å². The van der Waals surface area contributed by atoms with Crippen molar-refractivity contribution in [3.63, 3.8) is 0 Å². The first-order valence-corrected chi connectivity index (χ1v) is 15.0. The van der Waals surface area contributed by atoms with Crippen molar-refractivity contribution in [1.82, 2.24) is 10.2 Å². The second-order valence-electron chi connectivity index (χ2n) is 12.1. The van der Waals surface area contributed by atoms with E-state index in [1.165, 1.54) is 0 Å². The Kier molecular flexibility index (Phi) is 7.00. The summed E-state index contributed by atoms with van der Waals surface area (Å²) >= 11 is 0. The number of rotatable bonds is 5. The summed E-state index contributed by atoms with van der Waals surface area (Å²) in [5.74, 6) is -0.198. The zero-order valence-corrected chi connectivity index (χ0v) is 24.0. The maximum absolute atomic E-state index is 12.4. The van der Waals surface area contributed by atoms with E-state index in [-0.39, 0.29) is 35.0 Å². The number of nitrogens with one attached hydrogen (secondary N) is 2. The molecule has 1 aliphatic heterocycles. The van der Waals surface area contributed by atoms with Gasteiger partial charge in [-0.1, -0.05) is 38.1 Å². The molecule has 9 nitrogen and oxygen atoms in total. The second-order valence-corrected chi connectivity index (χ2v) is 13.5. The van der Waals surface area contributed by atoms with E-state index in [1.54, 1.807) is 0 Å². The van der Waals surface area contributed by atoms with Crippen LogP contribution in [0.4, 0.5) is 5.69 Å². The van der Waals surface area contributed by atoms with Crippen molar-refractivity contribution in [2.75, 3.05) is 31.7 Å². The summed E-state index contributed by atoms with van der Waals surface area (Å²) in [6, 6.07) is 13.4. The molecule has 6 rings (SSSR count). The molecule has 2 aromatic carbocycles. The molecule has 2 amide bonds. The van der Waals surface area contributed by atoms with Crippen LogP contribution in [-0.4, -0.2) is 61.9 Å². The predicted molar refractivity (Wildman–Crippen MR) is 153 cm³/mol. The first kappa shape index (κ1) is 28.2. The van der Waals surface area contributed by atoms with Gasteiger partial charge in [0, 0.05) is 17.7 Å². The average Bonchev–Trinajstić information content (AvgIpc) is 3.39. The lowest BCUT2D eigenvalue weighted by Gasteiger charge is -2.35. The van der Waals surface area contributed by atoms with Gasteiger partial charge in [-0.15, -0.1) is 0 Å². The summed E-state index contributed by atoms with van der Waals surface area (Å²) in [4.78, 5) is 38.0. The number of carbonyl (C=O) groups excluding carboxylic acids is 3. The van der Waals surface area contributed by atoms with Crippen LogP contribution in [0.3, 0.4) is 0 Å². The Bertz CT molecular complexity index is 1540. The minimum absolute atomic E-state index is 0.0152. The molecule has 0 aromatic heterocycles. The summed E-state index contributed by atoms with van der Waals surface area (Å²) in [6.07, 6.45) is 4.07. The first-order chi connectivity index (χ1) is 18.7. The molecule has 3 unspecified atom stereocenters. The molecule has 0 spiro atoms. The average molecular weight is 566 g/mol. The molecular weight excluding hydrogens is 530 g/mol. The molecule has 2 bridgehead atoms. The number of nitrogens with zero attached hydrogens (tertiary/aromatic N) is 1. The molecule has 3 N–H and O–H groups in total. The lowest BCUT2D eigenvalue weighted by Crippen LogP contribution is -2.42. The number of likely N-dealkylation sites (N-methyl/N-ethyl adjacent to an activating group) is 1. The Morgan fingerprint density at radius 1 is 1.12 bits per heavy atom. The smallest absolute Gasteiger partial charge is 0.265 e. The SMILES string of the molecule is CC1(C)C2CCC1(CS(=O)(=O)O)C(=O)C2.CN(C)CC(=O)Nc1ccc2c(c1)C=C1c3ccccc3C(=O)NC12. The van der Waals surface area contributed by atoms with E-state index in [2.05, 4.69) is 16.7 Å². The topological polar surface area (TPSA) is 133 Å². The highest BCUT2D eigenvalue weighted by atomic mass is 32.2. The Balaban J connectivity index is 0.000000184. The summed E-state index contributed by atoms with van der Waals surface area (Å²) in [5.41, 5.74) is 4.51. The van der Waals surface area contributed by atoms with Crippen LogP contribution in [0.2, 0.25) is 0 Å². The molecule has 2 saturated carbocycles. The lowest BCUT2D eigenvalue weighted by atomic mass is 9.70. The molecule has 1 heterocycles. The van der Waals surface area contributed by atoms with Crippen LogP contribution in [-0.2, 0) is 19.7 Å². The molecule has 3 atom stereocenters. The Hall–Kier alpha value is -3.34. The number of amides is 2. The van der Waals surface area contributed by atoms with Gasteiger partial charge in [-0.25, -0.2) is 0 Å². The highest BCUT2D eigenvalue weighted by Gasteiger charge is 2.65. The van der Waals surface area contributed by atoms with E-state index in [0.717, 1.165) is 34.4 Å². The third-order valence-electron chi connectivity index (χ3n) is 9.09. The van der Waals surface area contributed by atoms with Crippen molar-refractivity contribution in [2.24, 2.45) is 16.7 Å². The van der Waals surface area contributed by atoms with Gasteiger partial charge in [0.05, 0.1) is 23.8 Å². The minimum atomic E-state index is -4.08. The van der Waals surface area contributed by atoms with Crippen LogP contribution >= 0.6 is 0 Å². The van der Waals surface area contributed by atoms with Gasteiger partial charge < -0.3 is 15.5 Å². The summed E-state index contributed by atoms with van der Waals surface area (Å²) in [7, 11) is -0.359. The molecule has 212 valence electrons. The standard InChI is InChI=1S/C20H19N3O2.C10H16O4S/c1-23(2)11-18(24)21-13-7-8-14-12(9-13)10-17-15-5-3-4-6-16(15)20(25)22-19(14)17;1-9(2)7-3-4-10(9,8(11)5-7)6-15(12,13)14/h3-10,19H,11H2,1-2H3,(H,21,24)(H,22,25);7H,3-6H2,1-2H3,(H,12,13,14). The molecule has 40 heavy (non-hydrogen) atoms. The molecule has 2 fully saturated rings. The first-order valence-electron chi connectivity index (χ1n) is 13.4. The normalized spacial score (nSPS) is 25.3. The number of Topliss-reactive ketones (excluding diaryl/α,β-unsaturated/α-hetero) is 1. The van der Waals surface area contributed by atoms with Gasteiger partial charge in [0.25, 0.3) is 16.0 Å². The van der Waals surface area contributed by atoms with E-state index in [9.17, 15) is 22.8 Å². The van der Waals surface area contributed by atoms with E-state index in [1.807, 2.05) is 75.3 Å². The Morgan fingerprint density at radius 2 is 1.82 bits per heavy atom. The van der Waals surface area contributed by atoms with Crippen molar-refractivity contribution in [3.8, 4) is 0 Å². The summed E-state index contributed by atoms with van der Waals surface area (Å²) in [6.45, 7) is 4.23. The fourth-order valence-electron chi connectivity index (χ4n) is 6.90. The number of benzene rings is 2. The van der Waals surface area contributed by atoms with Gasteiger partial charge in [-0.05, 0) is 84.8 Å². The molecule has 0 radical (unpaired) electrons. The number of hydrogen-bond donors (Lipinski definition) is 3. The van der Waals surface area contributed by atoms with Crippen LogP contribution in [0.15, 0.2) is 42.5 Å². The third-order valence-corrected chi connectivity index (χ3v) is 9.95. The second kappa shape index (κ2) is 9.94. The Morgan fingerprint density at radius 3 is 2.42 bits per heavy atom.